The molecule has 0 fully saturated rings. The van der Waals surface area contributed by atoms with Gasteiger partial charge in [-0.1, -0.05) is 12.1 Å². The Morgan fingerprint density at radius 2 is 1.92 bits per heavy atom. The highest BCUT2D eigenvalue weighted by molar-refractivity contribution is 5.97. The summed E-state index contributed by atoms with van der Waals surface area (Å²) < 4.78 is 4.84. The Hall–Kier alpha value is -2.83. The minimum absolute atomic E-state index is 0.192. The second kappa shape index (κ2) is 6.74. The molecule has 0 aliphatic carbocycles. The Labute approximate surface area is 141 Å². The fraction of sp³-hybridized carbons (Fsp3) is 0.353. The van der Waals surface area contributed by atoms with Crippen LogP contribution in [0.1, 0.15) is 31.1 Å². The predicted octanol–water partition coefficient (Wildman–Crippen LogP) is 2.82. The van der Waals surface area contributed by atoms with Crippen molar-refractivity contribution in [3.63, 3.8) is 0 Å². The van der Waals surface area contributed by atoms with Crippen LogP contribution in [0.2, 0.25) is 0 Å². The molecule has 0 saturated heterocycles. The van der Waals surface area contributed by atoms with Crippen LogP contribution in [0.15, 0.2) is 30.6 Å². The van der Waals surface area contributed by atoms with Gasteiger partial charge in [-0.15, -0.1) is 0 Å². The van der Waals surface area contributed by atoms with E-state index in [0.717, 1.165) is 0 Å². The zero-order chi connectivity index (χ0) is 17.9. The van der Waals surface area contributed by atoms with Crippen LogP contribution in [-0.2, 0) is 4.74 Å². The number of hydrogen-bond donors (Lipinski definition) is 2. The van der Waals surface area contributed by atoms with Gasteiger partial charge in [0.1, 0.15) is 12.0 Å². The first-order valence-corrected chi connectivity index (χ1v) is 7.54. The van der Waals surface area contributed by atoms with Crippen LogP contribution >= 0.6 is 0 Å². The summed E-state index contributed by atoms with van der Waals surface area (Å²) in [5.41, 5.74) is 7.55. The van der Waals surface area contributed by atoms with Crippen molar-refractivity contribution in [2.75, 3.05) is 30.1 Å². The second-order valence-electron chi connectivity index (χ2n) is 6.40. The molecule has 7 heteroatoms. The van der Waals surface area contributed by atoms with Crippen LogP contribution in [0.3, 0.4) is 0 Å². The Bertz CT molecular complexity index is 740. The number of nitrogens with two attached hydrogens (primary N) is 1. The predicted molar refractivity (Wildman–Crippen MR) is 95.7 cm³/mol. The van der Waals surface area contributed by atoms with Gasteiger partial charge in [0.15, 0.2) is 11.6 Å². The van der Waals surface area contributed by atoms with Gasteiger partial charge in [0.25, 0.3) is 0 Å². The summed E-state index contributed by atoms with van der Waals surface area (Å²) >= 11 is 0. The van der Waals surface area contributed by atoms with Gasteiger partial charge < -0.3 is 20.7 Å². The summed E-state index contributed by atoms with van der Waals surface area (Å²) in [6.07, 6.45) is 1.44. The lowest BCUT2D eigenvalue weighted by molar-refractivity contribution is 0.0601. The smallest absolute Gasteiger partial charge is 0.339 e. The maximum Gasteiger partial charge on any atom is 0.339 e. The van der Waals surface area contributed by atoms with E-state index in [0.29, 0.717) is 28.6 Å². The normalized spacial score (nSPS) is 11.0. The van der Waals surface area contributed by atoms with Crippen molar-refractivity contribution in [1.82, 2.24) is 9.97 Å². The average Bonchev–Trinajstić information content (AvgIpc) is 2.54. The number of benzene rings is 1. The van der Waals surface area contributed by atoms with Crippen LogP contribution in [0.4, 0.5) is 23.0 Å². The molecule has 2 rings (SSSR count). The maximum atomic E-state index is 12.0. The number of hydrogen-bond acceptors (Lipinski definition) is 7. The summed E-state index contributed by atoms with van der Waals surface area (Å²) in [6, 6.07) is 7.12. The number of anilines is 4. The molecule has 128 valence electrons. The third kappa shape index (κ3) is 3.73. The third-order valence-electron chi connectivity index (χ3n) is 3.34. The molecule has 0 amide bonds. The molecule has 24 heavy (non-hydrogen) atoms. The topological polar surface area (TPSA) is 93.4 Å². The molecule has 0 spiro atoms. The minimum atomic E-state index is -0.418. The third-order valence-corrected chi connectivity index (χ3v) is 3.34. The molecule has 0 radical (unpaired) electrons. The van der Waals surface area contributed by atoms with Crippen molar-refractivity contribution >= 4 is 29.0 Å². The highest BCUT2D eigenvalue weighted by Crippen LogP contribution is 2.33. The van der Waals surface area contributed by atoms with Gasteiger partial charge in [-0.3, -0.25) is 0 Å². The summed E-state index contributed by atoms with van der Waals surface area (Å²) in [6.45, 7) is 6.06. The molecule has 2 aromatic rings. The van der Waals surface area contributed by atoms with Crippen LogP contribution in [0.25, 0.3) is 0 Å². The molecule has 0 aliphatic rings. The van der Waals surface area contributed by atoms with E-state index >= 15 is 0 Å². The monoisotopic (exact) mass is 329 g/mol. The van der Waals surface area contributed by atoms with Crippen molar-refractivity contribution in [1.29, 1.82) is 0 Å². The lowest BCUT2D eigenvalue weighted by Gasteiger charge is -2.26. The Kier molecular flexibility index (Phi) is 4.92. The molecule has 7 nitrogen and oxygen atoms in total. The Morgan fingerprint density at radius 3 is 2.54 bits per heavy atom. The van der Waals surface area contributed by atoms with Crippen molar-refractivity contribution < 1.29 is 9.53 Å². The van der Waals surface area contributed by atoms with Crippen molar-refractivity contribution in [3.8, 4) is 0 Å². The Balaban J connectivity index is 2.46. The molecular weight excluding hydrogens is 306 g/mol. The molecule has 1 aromatic heterocycles. The van der Waals surface area contributed by atoms with E-state index in [1.54, 1.807) is 24.1 Å². The van der Waals surface area contributed by atoms with E-state index in [1.807, 2.05) is 32.9 Å². The molecule has 0 unspecified atom stereocenters. The molecule has 0 atom stereocenters. The van der Waals surface area contributed by atoms with Crippen LogP contribution in [0, 0.1) is 0 Å². The number of esters is 1. The van der Waals surface area contributed by atoms with Gasteiger partial charge in [-0.2, -0.15) is 0 Å². The van der Waals surface area contributed by atoms with Crippen LogP contribution < -0.4 is 16.0 Å². The highest BCUT2D eigenvalue weighted by Gasteiger charge is 2.20. The number of para-hydroxylation sites is 1. The first-order chi connectivity index (χ1) is 11.2. The van der Waals surface area contributed by atoms with Crippen molar-refractivity contribution in [2.45, 2.75) is 26.3 Å². The number of carbonyl (C=O) groups excluding carboxylic acids is 1. The van der Waals surface area contributed by atoms with Gasteiger partial charge in [0, 0.05) is 12.6 Å². The van der Waals surface area contributed by atoms with Gasteiger partial charge in [-0.05, 0) is 32.9 Å². The second-order valence-corrected chi connectivity index (χ2v) is 6.40. The zero-order valence-corrected chi connectivity index (χ0v) is 14.6. The number of nitrogens with zero attached hydrogens (tertiary/aromatic N) is 3. The fourth-order valence-corrected chi connectivity index (χ4v) is 2.27. The van der Waals surface area contributed by atoms with Gasteiger partial charge in [0.2, 0.25) is 0 Å². The lowest BCUT2D eigenvalue weighted by atomic mass is 10.1. The summed E-state index contributed by atoms with van der Waals surface area (Å²) in [5.74, 6) is 0.640. The number of ether oxygens (including phenoxy) is 1. The number of nitrogen functional groups attached to an aromatic ring is 1. The molecule has 3 N–H and O–H groups in total. The van der Waals surface area contributed by atoms with Crippen LogP contribution in [-0.4, -0.2) is 35.6 Å². The summed E-state index contributed by atoms with van der Waals surface area (Å²) in [5, 5.41) is 3.25. The quantitative estimate of drug-likeness (QED) is 0.833. The molecule has 0 aliphatic heterocycles. The van der Waals surface area contributed by atoms with Gasteiger partial charge in [0.05, 0.1) is 18.4 Å². The highest BCUT2D eigenvalue weighted by atomic mass is 16.5. The standard InChI is InChI=1S/C17H23N5O2/c1-17(2,3)21-14-13(18)15(20-10-19-14)22(4)12-9-7-6-8-11(12)16(23)24-5/h6-10H,18H2,1-5H3,(H,19,20,21). The number of aromatic nitrogens is 2. The first kappa shape index (κ1) is 17.5. The van der Waals surface area contributed by atoms with E-state index < -0.39 is 5.97 Å². The first-order valence-electron chi connectivity index (χ1n) is 7.54. The molecule has 0 bridgehead atoms. The molecule has 1 aromatic carbocycles. The van der Waals surface area contributed by atoms with Crippen molar-refractivity contribution in [3.05, 3.63) is 36.2 Å². The van der Waals surface area contributed by atoms with E-state index in [4.69, 9.17) is 10.5 Å². The van der Waals surface area contributed by atoms with Crippen LogP contribution in [0.5, 0.6) is 0 Å². The molecular formula is C17H23N5O2. The fourth-order valence-electron chi connectivity index (χ4n) is 2.27. The average molecular weight is 329 g/mol. The maximum absolute atomic E-state index is 12.0. The number of methoxy groups -OCH3 is 1. The van der Waals surface area contributed by atoms with Crippen molar-refractivity contribution in [2.24, 2.45) is 0 Å². The van der Waals surface area contributed by atoms with E-state index in [-0.39, 0.29) is 5.54 Å². The number of nitrogens with one attached hydrogen (secondary N) is 1. The van der Waals surface area contributed by atoms with E-state index in [1.165, 1.54) is 13.4 Å². The Morgan fingerprint density at radius 1 is 1.25 bits per heavy atom. The minimum Gasteiger partial charge on any atom is -0.465 e. The van der Waals surface area contributed by atoms with E-state index in [2.05, 4.69) is 15.3 Å². The SMILES string of the molecule is COC(=O)c1ccccc1N(C)c1ncnc(NC(C)(C)C)c1N. The number of rotatable bonds is 4. The van der Waals surface area contributed by atoms with Gasteiger partial charge >= 0.3 is 5.97 Å². The molecule has 0 saturated carbocycles. The van der Waals surface area contributed by atoms with E-state index in [9.17, 15) is 4.79 Å². The van der Waals surface area contributed by atoms with Gasteiger partial charge in [-0.25, -0.2) is 14.8 Å². The summed E-state index contributed by atoms with van der Waals surface area (Å²) in [4.78, 5) is 22.2. The summed E-state index contributed by atoms with van der Waals surface area (Å²) in [7, 11) is 3.14. The lowest BCUT2D eigenvalue weighted by Crippen LogP contribution is -2.28. The largest absolute Gasteiger partial charge is 0.465 e. The number of carbonyl (C=O) groups is 1. The molecule has 1 heterocycles. The zero-order valence-electron chi connectivity index (χ0n) is 14.6.